The standard InChI is InChI=1S/C25H27F3N6O3/c1-14(16-4-3-5-17(20(16)26)21(27)28)31-22-18-10-19(24(35)32(2)23(18)30-13-29-22)25(36)34-8-6-33(7-9-34)15-11-37-12-15/h3-5,10,13-15,21H,6-9,11-12H2,1-2H3,(H,29,30,31)/t14-/m1/s1. The van der Waals surface area contributed by atoms with Crippen LogP contribution in [0.1, 0.15) is 40.9 Å². The van der Waals surface area contributed by atoms with Gasteiger partial charge < -0.3 is 15.0 Å². The van der Waals surface area contributed by atoms with Crippen molar-refractivity contribution in [2.75, 3.05) is 44.7 Å². The van der Waals surface area contributed by atoms with Gasteiger partial charge in [0.05, 0.1) is 36.2 Å². The Bertz CT molecular complexity index is 1390. The number of ether oxygens (including phenoxy) is 1. The number of hydrogen-bond donors (Lipinski definition) is 1. The lowest BCUT2D eigenvalue weighted by atomic mass is 10.0. The van der Waals surface area contributed by atoms with E-state index in [9.17, 15) is 22.8 Å². The van der Waals surface area contributed by atoms with Gasteiger partial charge in [-0.25, -0.2) is 23.1 Å². The molecule has 2 aromatic heterocycles. The van der Waals surface area contributed by atoms with E-state index >= 15 is 0 Å². The van der Waals surface area contributed by atoms with Gasteiger partial charge in [0.1, 0.15) is 29.2 Å². The van der Waals surface area contributed by atoms with E-state index < -0.39 is 29.4 Å². The number of nitrogens with zero attached hydrogens (tertiary/aromatic N) is 5. The molecule has 4 heterocycles. The Balaban J connectivity index is 1.44. The van der Waals surface area contributed by atoms with Gasteiger partial charge in [0.25, 0.3) is 17.9 Å². The Morgan fingerprint density at radius 1 is 1.14 bits per heavy atom. The van der Waals surface area contributed by atoms with Gasteiger partial charge in [-0.3, -0.25) is 19.1 Å². The summed E-state index contributed by atoms with van der Waals surface area (Å²) in [6.45, 7) is 5.39. The molecular weight excluding hydrogens is 489 g/mol. The maximum Gasteiger partial charge on any atom is 0.266 e. The van der Waals surface area contributed by atoms with Crippen LogP contribution in [0.2, 0.25) is 0 Å². The number of fused-ring (bicyclic) bond motifs is 1. The van der Waals surface area contributed by atoms with E-state index in [1.165, 1.54) is 36.1 Å². The van der Waals surface area contributed by atoms with Crippen molar-refractivity contribution in [3.05, 3.63) is 63.5 Å². The zero-order chi connectivity index (χ0) is 26.3. The predicted molar refractivity (Wildman–Crippen MR) is 130 cm³/mol. The Morgan fingerprint density at radius 2 is 1.84 bits per heavy atom. The summed E-state index contributed by atoms with van der Waals surface area (Å²) >= 11 is 0. The third kappa shape index (κ3) is 4.66. The van der Waals surface area contributed by atoms with Gasteiger partial charge in [0.2, 0.25) is 0 Å². The van der Waals surface area contributed by atoms with Gasteiger partial charge >= 0.3 is 0 Å². The number of aryl methyl sites for hydroxylation is 1. The average molecular weight is 517 g/mol. The van der Waals surface area contributed by atoms with Crippen molar-refractivity contribution in [1.82, 2.24) is 24.3 Å². The van der Waals surface area contributed by atoms with Gasteiger partial charge in [0, 0.05) is 38.8 Å². The topological polar surface area (TPSA) is 92.6 Å². The first-order valence-corrected chi connectivity index (χ1v) is 12.0. The molecule has 1 atom stereocenters. The molecule has 3 aromatic rings. The number of aromatic nitrogens is 3. The van der Waals surface area contributed by atoms with Crippen molar-refractivity contribution in [2.45, 2.75) is 25.4 Å². The second kappa shape index (κ2) is 10.1. The molecule has 0 aliphatic carbocycles. The molecule has 2 saturated heterocycles. The summed E-state index contributed by atoms with van der Waals surface area (Å²) in [5, 5.41) is 3.42. The Hall–Kier alpha value is -3.51. The quantitative estimate of drug-likeness (QED) is 0.539. The third-order valence-corrected chi connectivity index (χ3v) is 7.09. The molecule has 0 radical (unpaired) electrons. The number of alkyl halides is 2. The summed E-state index contributed by atoms with van der Waals surface area (Å²) in [4.78, 5) is 38.8. The van der Waals surface area contributed by atoms with Crippen LogP contribution in [0.5, 0.6) is 0 Å². The van der Waals surface area contributed by atoms with E-state index in [2.05, 4.69) is 20.2 Å². The molecule has 2 aliphatic heterocycles. The largest absolute Gasteiger partial charge is 0.378 e. The number of rotatable bonds is 6. The number of carbonyl (C=O) groups is 1. The van der Waals surface area contributed by atoms with E-state index in [1.54, 1.807) is 11.8 Å². The lowest BCUT2D eigenvalue weighted by molar-refractivity contribution is -0.0746. The smallest absolute Gasteiger partial charge is 0.266 e. The second-order valence-corrected chi connectivity index (χ2v) is 9.32. The number of carbonyl (C=O) groups excluding carboxylic acids is 1. The Labute approximate surface area is 210 Å². The van der Waals surface area contributed by atoms with E-state index in [0.717, 1.165) is 6.07 Å². The lowest BCUT2D eigenvalue weighted by Crippen LogP contribution is -2.57. The minimum absolute atomic E-state index is 0.0215. The van der Waals surface area contributed by atoms with Crippen LogP contribution < -0.4 is 10.9 Å². The molecule has 196 valence electrons. The zero-order valence-electron chi connectivity index (χ0n) is 20.5. The van der Waals surface area contributed by atoms with E-state index in [4.69, 9.17) is 4.74 Å². The molecule has 9 nitrogen and oxygen atoms in total. The van der Waals surface area contributed by atoms with Crippen LogP contribution in [0, 0.1) is 5.82 Å². The van der Waals surface area contributed by atoms with Crippen molar-refractivity contribution in [3.63, 3.8) is 0 Å². The highest BCUT2D eigenvalue weighted by Crippen LogP contribution is 2.30. The molecule has 37 heavy (non-hydrogen) atoms. The van der Waals surface area contributed by atoms with Crippen LogP contribution in [-0.2, 0) is 11.8 Å². The highest BCUT2D eigenvalue weighted by molar-refractivity contribution is 5.99. The van der Waals surface area contributed by atoms with E-state index in [-0.39, 0.29) is 28.5 Å². The Kier molecular flexibility index (Phi) is 6.86. The van der Waals surface area contributed by atoms with Crippen molar-refractivity contribution in [1.29, 1.82) is 0 Å². The first-order valence-electron chi connectivity index (χ1n) is 12.0. The third-order valence-electron chi connectivity index (χ3n) is 7.09. The monoisotopic (exact) mass is 516 g/mol. The number of amides is 1. The first-order chi connectivity index (χ1) is 17.8. The van der Waals surface area contributed by atoms with Crippen LogP contribution in [0.25, 0.3) is 11.0 Å². The van der Waals surface area contributed by atoms with Gasteiger partial charge in [-0.15, -0.1) is 0 Å². The molecule has 12 heteroatoms. The number of pyridine rings is 1. The fourth-order valence-electron chi connectivity index (χ4n) is 4.79. The van der Waals surface area contributed by atoms with Crippen LogP contribution in [0.3, 0.4) is 0 Å². The maximum atomic E-state index is 14.7. The number of anilines is 1. The minimum Gasteiger partial charge on any atom is -0.378 e. The first kappa shape index (κ1) is 25.2. The Morgan fingerprint density at radius 3 is 2.49 bits per heavy atom. The van der Waals surface area contributed by atoms with E-state index in [0.29, 0.717) is 50.8 Å². The normalized spacial score (nSPS) is 17.7. The summed E-state index contributed by atoms with van der Waals surface area (Å²) in [6, 6.07) is 4.93. The number of nitrogens with one attached hydrogen (secondary N) is 1. The molecule has 2 aliphatic rings. The van der Waals surface area contributed by atoms with Crippen molar-refractivity contribution < 1.29 is 22.7 Å². The number of halogens is 3. The summed E-state index contributed by atoms with van der Waals surface area (Å²) in [7, 11) is 1.52. The molecule has 5 rings (SSSR count). The number of benzene rings is 1. The van der Waals surface area contributed by atoms with E-state index in [1.807, 2.05) is 0 Å². The van der Waals surface area contributed by atoms with Gasteiger partial charge in [-0.05, 0) is 13.0 Å². The molecule has 2 fully saturated rings. The molecule has 1 aromatic carbocycles. The van der Waals surface area contributed by atoms with Crippen LogP contribution in [0.4, 0.5) is 19.0 Å². The van der Waals surface area contributed by atoms with Crippen molar-refractivity contribution in [2.24, 2.45) is 7.05 Å². The van der Waals surface area contributed by atoms with Crippen LogP contribution in [-0.4, -0.2) is 75.7 Å². The summed E-state index contributed by atoms with van der Waals surface area (Å²) in [5.74, 6) is -1.13. The molecule has 0 saturated carbocycles. The van der Waals surface area contributed by atoms with Gasteiger partial charge in [0.15, 0.2) is 0 Å². The molecule has 0 spiro atoms. The van der Waals surface area contributed by atoms with Gasteiger partial charge in [-0.2, -0.15) is 0 Å². The molecule has 0 unspecified atom stereocenters. The lowest BCUT2D eigenvalue weighted by Gasteiger charge is -2.42. The van der Waals surface area contributed by atoms with Crippen molar-refractivity contribution >= 4 is 22.8 Å². The number of piperazine rings is 1. The number of hydrogen-bond acceptors (Lipinski definition) is 7. The highest BCUT2D eigenvalue weighted by Gasteiger charge is 2.31. The van der Waals surface area contributed by atoms with Gasteiger partial charge in [-0.1, -0.05) is 18.2 Å². The minimum atomic E-state index is -2.95. The molecule has 0 bridgehead atoms. The summed E-state index contributed by atoms with van der Waals surface area (Å²) < 4.78 is 47.6. The molecule has 1 amide bonds. The van der Waals surface area contributed by atoms with Crippen molar-refractivity contribution in [3.8, 4) is 0 Å². The fourth-order valence-corrected chi connectivity index (χ4v) is 4.79. The summed E-state index contributed by atoms with van der Waals surface area (Å²) in [6.07, 6.45) is -1.70. The maximum absolute atomic E-state index is 14.7. The second-order valence-electron chi connectivity index (χ2n) is 9.32. The van der Waals surface area contributed by atoms with Crippen LogP contribution >= 0.6 is 0 Å². The fraction of sp³-hybridized carbons (Fsp3) is 0.440. The highest BCUT2D eigenvalue weighted by atomic mass is 19.3. The van der Waals surface area contributed by atoms with Crippen LogP contribution in [0.15, 0.2) is 35.4 Å². The summed E-state index contributed by atoms with van der Waals surface area (Å²) in [5.41, 5.74) is -0.866. The molecular formula is C25H27F3N6O3. The zero-order valence-corrected chi connectivity index (χ0v) is 20.5. The average Bonchev–Trinajstić information content (AvgIpc) is 2.85. The molecule has 1 N–H and O–H groups in total. The predicted octanol–water partition coefficient (Wildman–Crippen LogP) is 2.73. The SMILES string of the molecule is C[C@@H](Nc1ncnc2c1cc(C(=O)N1CCN(C3COC3)CC1)c(=O)n2C)c1cccc(C(F)F)c1F.